The van der Waals surface area contributed by atoms with Crippen LogP contribution in [-0.4, -0.2) is 0 Å². The van der Waals surface area contributed by atoms with Gasteiger partial charge in [-0.25, -0.2) is 0 Å². The molecular weight excluding hydrogens is 144 g/mol. The zero-order valence-electron chi connectivity index (χ0n) is 8.60. The lowest BCUT2D eigenvalue weighted by molar-refractivity contribution is 0.730. The Morgan fingerprint density at radius 1 is 1.25 bits per heavy atom. The zero-order chi connectivity index (χ0) is 9.23. The van der Waals surface area contributed by atoms with Gasteiger partial charge in [-0.05, 0) is 39.0 Å². The maximum atomic E-state index is 4.07. The van der Waals surface area contributed by atoms with Crippen molar-refractivity contribution in [2.75, 3.05) is 0 Å². The summed E-state index contributed by atoms with van der Waals surface area (Å²) in [6.07, 6.45) is 11.9. The molecule has 0 N–H and O–H groups in total. The summed E-state index contributed by atoms with van der Waals surface area (Å²) >= 11 is 0. The SMILES string of the molecule is C=C(CCCC)CCCC=CC. The molecule has 0 spiro atoms. The van der Waals surface area contributed by atoms with Crippen molar-refractivity contribution in [3.8, 4) is 0 Å². The van der Waals surface area contributed by atoms with Gasteiger partial charge in [0.25, 0.3) is 0 Å². The van der Waals surface area contributed by atoms with Gasteiger partial charge in [-0.15, -0.1) is 0 Å². The van der Waals surface area contributed by atoms with Crippen LogP contribution in [-0.2, 0) is 0 Å². The fraction of sp³-hybridized carbons (Fsp3) is 0.667. The smallest absolute Gasteiger partial charge is 0.0320 e. The topological polar surface area (TPSA) is 0 Å². The van der Waals surface area contributed by atoms with Crippen LogP contribution in [0.3, 0.4) is 0 Å². The largest absolute Gasteiger partial charge is 0.0999 e. The molecule has 0 nitrogen and oxygen atoms in total. The van der Waals surface area contributed by atoms with Gasteiger partial charge < -0.3 is 0 Å². The fourth-order valence-corrected chi connectivity index (χ4v) is 1.19. The average molecular weight is 166 g/mol. The highest BCUT2D eigenvalue weighted by Gasteiger charge is 1.92. The van der Waals surface area contributed by atoms with Crippen molar-refractivity contribution in [1.82, 2.24) is 0 Å². The van der Waals surface area contributed by atoms with Gasteiger partial charge in [0, 0.05) is 0 Å². The van der Waals surface area contributed by atoms with Gasteiger partial charge in [-0.3, -0.25) is 0 Å². The minimum Gasteiger partial charge on any atom is -0.0999 e. The molecule has 0 aliphatic heterocycles. The summed E-state index contributed by atoms with van der Waals surface area (Å²) in [6.45, 7) is 8.37. The van der Waals surface area contributed by atoms with Crippen molar-refractivity contribution in [2.24, 2.45) is 0 Å². The number of hydrogen-bond acceptors (Lipinski definition) is 0. The van der Waals surface area contributed by atoms with E-state index in [1.165, 1.54) is 44.1 Å². The highest BCUT2D eigenvalue weighted by atomic mass is 14.0. The molecule has 0 rings (SSSR count). The van der Waals surface area contributed by atoms with Gasteiger partial charge in [0.05, 0.1) is 0 Å². The molecule has 0 unspecified atom stereocenters. The molecule has 0 atom stereocenters. The van der Waals surface area contributed by atoms with Crippen LogP contribution >= 0.6 is 0 Å². The molecular formula is C12H22. The monoisotopic (exact) mass is 166 g/mol. The Kier molecular flexibility index (Phi) is 8.20. The third-order valence-electron chi connectivity index (χ3n) is 2.02. The van der Waals surface area contributed by atoms with E-state index in [0.717, 1.165) is 0 Å². The first-order valence-corrected chi connectivity index (χ1v) is 5.09. The second-order valence-electron chi connectivity index (χ2n) is 3.31. The first kappa shape index (κ1) is 11.5. The normalized spacial score (nSPS) is 10.8. The van der Waals surface area contributed by atoms with Crippen molar-refractivity contribution in [3.05, 3.63) is 24.3 Å². The Balaban J connectivity index is 3.19. The highest BCUT2D eigenvalue weighted by molar-refractivity contribution is 4.94. The van der Waals surface area contributed by atoms with E-state index in [4.69, 9.17) is 0 Å². The quantitative estimate of drug-likeness (QED) is 0.386. The average Bonchev–Trinajstić information content (AvgIpc) is 2.09. The van der Waals surface area contributed by atoms with Crippen molar-refractivity contribution in [2.45, 2.75) is 52.4 Å². The van der Waals surface area contributed by atoms with E-state index in [0.29, 0.717) is 0 Å². The van der Waals surface area contributed by atoms with E-state index in [1.54, 1.807) is 0 Å². The molecule has 0 aromatic heterocycles. The Labute approximate surface area is 77.4 Å². The van der Waals surface area contributed by atoms with Crippen molar-refractivity contribution >= 4 is 0 Å². The van der Waals surface area contributed by atoms with Gasteiger partial charge >= 0.3 is 0 Å². The molecule has 0 aromatic rings. The second-order valence-corrected chi connectivity index (χ2v) is 3.31. The second kappa shape index (κ2) is 8.58. The molecule has 0 aromatic carbocycles. The van der Waals surface area contributed by atoms with Gasteiger partial charge in [-0.2, -0.15) is 0 Å². The fourth-order valence-electron chi connectivity index (χ4n) is 1.19. The predicted molar refractivity (Wildman–Crippen MR) is 57.3 cm³/mol. The van der Waals surface area contributed by atoms with Crippen LogP contribution in [0.5, 0.6) is 0 Å². The van der Waals surface area contributed by atoms with Crippen LogP contribution in [0.15, 0.2) is 24.3 Å². The molecule has 0 fully saturated rings. The molecule has 70 valence electrons. The number of hydrogen-bond donors (Lipinski definition) is 0. The maximum absolute atomic E-state index is 4.07. The number of allylic oxidation sites excluding steroid dienone is 3. The number of rotatable bonds is 7. The van der Waals surface area contributed by atoms with Crippen molar-refractivity contribution in [3.63, 3.8) is 0 Å². The standard InChI is InChI=1S/C12H22/c1-4-6-8-9-11-12(3)10-7-5-2/h4,6H,3,5,7-11H2,1-2H3. The van der Waals surface area contributed by atoms with E-state index in [2.05, 4.69) is 32.6 Å². The van der Waals surface area contributed by atoms with E-state index < -0.39 is 0 Å². The van der Waals surface area contributed by atoms with Crippen LogP contribution in [0.1, 0.15) is 52.4 Å². The molecule has 0 aliphatic carbocycles. The third kappa shape index (κ3) is 7.59. The summed E-state index contributed by atoms with van der Waals surface area (Å²) < 4.78 is 0. The van der Waals surface area contributed by atoms with E-state index in [-0.39, 0.29) is 0 Å². The van der Waals surface area contributed by atoms with Crippen molar-refractivity contribution < 1.29 is 0 Å². The van der Waals surface area contributed by atoms with Gasteiger partial charge in [0.2, 0.25) is 0 Å². The minimum atomic E-state index is 1.21. The van der Waals surface area contributed by atoms with Crippen LogP contribution in [0, 0.1) is 0 Å². The zero-order valence-corrected chi connectivity index (χ0v) is 8.60. The summed E-state index contributed by atoms with van der Waals surface area (Å²) in [7, 11) is 0. The summed E-state index contributed by atoms with van der Waals surface area (Å²) in [5, 5.41) is 0. The van der Waals surface area contributed by atoms with Gasteiger partial charge in [0.1, 0.15) is 0 Å². The molecule has 0 heterocycles. The lowest BCUT2D eigenvalue weighted by atomic mass is 10.0. The lowest BCUT2D eigenvalue weighted by Crippen LogP contribution is -1.82. The minimum absolute atomic E-state index is 1.21. The summed E-state index contributed by atoms with van der Waals surface area (Å²) in [4.78, 5) is 0. The number of unbranched alkanes of at least 4 members (excludes halogenated alkanes) is 2. The first-order valence-electron chi connectivity index (χ1n) is 5.09. The van der Waals surface area contributed by atoms with Crippen LogP contribution in [0.25, 0.3) is 0 Å². The molecule has 0 aliphatic rings. The molecule has 0 radical (unpaired) electrons. The predicted octanol–water partition coefficient (Wildman–Crippen LogP) is 4.48. The van der Waals surface area contributed by atoms with Gasteiger partial charge in [-0.1, -0.05) is 37.6 Å². The third-order valence-corrected chi connectivity index (χ3v) is 2.02. The van der Waals surface area contributed by atoms with E-state index in [1.807, 2.05) is 0 Å². The van der Waals surface area contributed by atoms with Gasteiger partial charge in [0.15, 0.2) is 0 Å². The van der Waals surface area contributed by atoms with E-state index in [9.17, 15) is 0 Å². The highest BCUT2D eigenvalue weighted by Crippen LogP contribution is 2.12. The Hall–Kier alpha value is -0.520. The Morgan fingerprint density at radius 3 is 2.50 bits per heavy atom. The molecule has 0 bridgehead atoms. The first-order chi connectivity index (χ1) is 5.81. The molecule has 0 amide bonds. The molecule has 0 saturated heterocycles. The summed E-state index contributed by atoms with van der Waals surface area (Å²) in [6, 6.07) is 0. The summed E-state index contributed by atoms with van der Waals surface area (Å²) in [5.74, 6) is 0. The van der Waals surface area contributed by atoms with Crippen molar-refractivity contribution in [1.29, 1.82) is 0 Å². The van der Waals surface area contributed by atoms with E-state index >= 15 is 0 Å². The summed E-state index contributed by atoms with van der Waals surface area (Å²) in [5.41, 5.74) is 1.43. The Bertz CT molecular complexity index is 131. The maximum Gasteiger partial charge on any atom is -0.0320 e. The Morgan fingerprint density at radius 2 is 1.92 bits per heavy atom. The molecule has 12 heavy (non-hydrogen) atoms. The van der Waals surface area contributed by atoms with Crippen LogP contribution in [0.2, 0.25) is 0 Å². The lowest BCUT2D eigenvalue weighted by Gasteiger charge is -2.02. The van der Waals surface area contributed by atoms with Crippen LogP contribution in [0.4, 0.5) is 0 Å². The molecule has 0 heteroatoms. The molecule has 0 saturated carbocycles. The van der Waals surface area contributed by atoms with Crippen LogP contribution < -0.4 is 0 Å².